The molecule has 0 spiro atoms. The van der Waals surface area contributed by atoms with Gasteiger partial charge in [0, 0.05) is 18.8 Å². The minimum absolute atomic E-state index is 0.000191. The Hall–Kier alpha value is -0.520. The van der Waals surface area contributed by atoms with Crippen molar-refractivity contribution in [3.63, 3.8) is 0 Å². The Morgan fingerprint density at radius 3 is 2.38 bits per heavy atom. The standard InChI is InChI=1S/C11H17NO2S2/c1-10(9-15-3)12(2)16(13,14)11-7-5-4-6-8-11/h4-8,10H,9H2,1-3H3. The highest BCUT2D eigenvalue weighted by Gasteiger charge is 2.24. The van der Waals surface area contributed by atoms with E-state index in [4.69, 9.17) is 0 Å². The molecule has 0 aliphatic carbocycles. The number of hydrogen-bond acceptors (Lipinski definition) is 3. The van der Waals surface area contributed by atoms with Gasteiger partial charge in [-0.1, -0.05) is 18.2 Å². The predicted octanol–water partition coefficient (Wildman–Crippen LogP) is 2.06. The van der Waals surface area contributed by atoms with E-state index in [1.807, 2.05) is 19.2 Å². The average Bonchev–Trinajstić information content (AvgIpc) is 2.29. The number of thioether (sulfide) groups is 1. The smallest absolute Gasteiger partial charge is 0.207 e. The van der Waals surface area contributed by atoms with E-state index in [1.165, 1.54) is 4.31 Å². The third-order valence-corrected chi connectivity index (χ3v) is 5.25. The van der Waals surface area contributed by atoms with Crippen LogP contribution in [0.2, 0.25) is 0 Å². The zero-order valence-corrected chi connectivity index (χ0v) is 11.4. The van der Waals surface area contributed by atoms with Gasteiger partial charge in [-0.15, -0.1) is 0 Å². The average molecular weight is 259 g/mol. The summed E-state index contributed by atoms with van der Waals surface area (Å²) in [7, 11) is -1.71. The van der Waals surface area contributed by atoms with Gasteiger partial charge in [-0.3, -0.25) is 0 Å². The molecule has 0 aliphatic heterocycles. The lowest BCUT2D eigenvalue weighted by atomic mass is 10.4. The van der Waals surface area contributed by atoms with Crippen LogP contribution in [0.15, 0.2) is 35.2 Å². The summed E-state index contributed by atoms with van der Waals surface area (Å²) in [5.41, 5.74) is 0. The second-order valence-corrected chi connectivity index (χ2v) is 6.55. The van der Waals surface area contributed by atoms with Crippen molar-refractivity contribution in [2.45, 2.75) is 17.9 Å². The van der Waals surface area contributed by atoms with Crippen LogP contribution in [0, 0.1) is 0 Å². The first-order valence-corrected chi connectivity index (χ1v) is 7.85. The lowest BCUT2D eigenvalue weighted by Gasteiger charge is -2.23. The van der Waals surface area contributed by atoms with E-state index >= 15 is 0 Å². The first-order valence-electron chi connectivity index (χ1n) is 5.02. The van der Waals surface area contributed by atoms with Crippen LogP contribution in [-0.4, -0.2) is 37.8 Å². The lowest BCUT2D eigenvalue weighted by molar-refractivity contribution is 0.415. The maximum absolute atomic E-state index is 12.2. The molecule has 1 unspecified atom stereocenters. The molecule has 0 aliphatic rings. The molecule has 90 valence electrons. The highest BCUT2D eigenvalue weighted by atomic mass is 32.2. The van der Waals surface area contributed by atoms with Crippen LogP contribution in [0.3, 0.4) is 0 Å². The topological polar surface area (TPSA) is 37.4 Å². The van der Waals surface area contributed by atoms with Crippen LogP contribution < -0.4 is 0 Å². The fourth-order valence-corrected chi connectivity index (χ4v) is 3.52. The van der Waals surface area contributed by atoms with Crippen LogP contribution >= 0.6 is 11.8 Å². The molecular formula is C11H17NO2S2. The van der Waals surface area contributed by atoms with E-state index in [2.05, 4.69) is 0 Å². The molecule has 1 aromatic carbocycles. The zero-order valence-electron chi connectivity index (χ0n) is 9.75. The first-order chi connectivity index (χ1) is 7.50. The number of hydrogen-bond donors (Lipinski definition) is 0. The third kappa shape index (κ3) is 2.99. The summed E-state index contributed by atoms with van der Waals surface area (Å²) in [4.78, 5) is 0.352. The first kappa shape index (κ1) is 13.5. The van der Waals surface area contributed by atoms with Gasteiger partial charge in [0.15, 0.2) is 0 Å². The summed E-state index contributed by atoms with van der Waals surface area (Å²) in [5.74, 6) is 0.794. The Bertz CT molecular complexity index is 417. The molecule has 3 nitrogen and oxygen atoms in total. The molecule has 16 heavy (non-hydrogen) atoms. The molecule has 1 aromatic rings. The maximum Gasteiger partial charge on any atom is 0.243 e. The van der Waals surface area contributed by atoms with Gasteiger partial charge in [-0.05, 0) is 25.3 Å². The molecule has 0 saturated carbocycles. The van der Waals surface area contributed by atoms with Gasteiger partial charge in [0.05, 0.1) is 4.90 Å². The highest BCUT2D eigenvalue weighted by molar-refractivity contribution is 7.98. The van der Waals surface area contributed by atoms with Crippen molar-refractivity contribution in [3.05, 3.63) is 30.3 Å². The van der Waals surface area contributed by atoms with Gasteiger partial charge in [-0.25, -0.2) is 8.42 Å². The van der Waals surface area contributed by atoms with Gasteiger partial charge in [0.1, 0.15) is 0 Å². The van der Waals surface area contributed by atoms with Crippen molar-refractivity contribution in [1.82, 2.24) is 4.31 Å². The summed E-state index contributed by atoms with van der Waals surface area (Å²) in [5, 5.41) is 0. The van der Waals surface area contributed by atoms with Crippen molar-refractivity contribution in [1.29, 1.82) is 0 Å². The summed E-state index contributed by atoms with van der Waals surface area (Å²) in [6.45, 7) is 1.91. The van der Waals surface area contributed by atoms with Gasteiger partial charge in [-0.2, -0.15) is 16.1 Å². The molecule has 1 rings (SSSR count). The Morgan fingerprint density at radius 1 is 1.31 bits per heavy atom. The van der Waals surface area contributed by atoms with Crippen molar-refractivity contribution < 1.29 is 8.42 Å². The van der Waals surface area contributed by atoms with E-state index in [0.29, 0.717) is 4.90 Å². The predicted molar refractivity (Wildman–Crippen MR) is 69.2 cm³/mol. The number of rotatable bonds is 5. The minimum Gasteiger partial charge on any atom is -0.207 e. The zero-order chi connectivity index (χ0) is 12.2. The molecule has 5 heteroatoms. The van der Waals surface area contributed by atoms with E-state index in [1.54, 1.807) is 43.1 Å². The SMILES string of the molecule is CSCC(C)N(C)S(=O)(=O)c1ccccc1. The molecule has 0 heterocycles. The maximum atomic E-state index is 12.2. The molecule has 0 aromatic heterocycles. The number of nitrogens with zero attached hydrogens (tertiary/aromatic N) is 1. The summed E-state index contributed by atoms with van der Waals surface area (Å²) in [6.07, 6.45) is 1.97. The largest absolute Gasteiger partial charge is 0.243 e. The Labute approximate surface area is 102 Å². The molecular weight excluding hydrogens is 242 g/mol. The van der Waals surface area contributed by atoms with Crippen LogP contribution in [0.25, 0.3) is 0 Å². The number of sulfonamides is 1. The molecule has 1 atom stereocenters. The van der Waals surface area contributed by atoms with Crippen LogP contribution in [-0.2, 0) is 10.0 Å². The Morgan fingerprint density at radius 2 is 1.88 bits per heavy atom. The lowest BCUT2D eigenvalue weighted by Crippen LogP contribution is -2.36. The third-order valence-electron chi connectivity index (χ3n) is 2.45. The van der Waals surface area contributed by atoms with E-state index in [0.717, 1.165) is 5.75 Å². The molecule has 0 amide bonds. The number of benzene rings is 1. The second kappa shape index (κ2) is 5.70. The molecule has 0 N–H and O–H groups in total. The quantitative estimate of drug-likeness (QED) is 0.812. The Balaban J connectivity index is 2.95. The summed E-state index contributed by atoms with van der Waals surface area (Å²) < 4.78 is 25.8. The Kier molecular flexibility index (Phi) is 4.83. The van der Waals surface area contributed by atoms with Crippen LogP contribution in [0.4, 0.5) is 0 Å². The van der Waals surface area contributed by atoms with E-state index in [-0.39, 0.29) is 6.04 Å². The van der Waals surface area contributed by atoms with Gasteiger partial charge >= 0.3 is 0 Å². The molecule has 0 saturated heterocycles. The molecule has 0 bridgehead atoms. The molecule has 0 radical (unpaired) electrons. The van der Waals surface area contributed by atoms with Gasteiger partial charge in [0.2, 0.25) is 10.0 Å². The highest BCUT2D eigenvalue weighted by Crippen LogP contribution is 2.17. The van der Waals surface area contributed by atoms with Crippen molar-refractivity contribution in [2.24, 2.45) is 0 Å². The van der Waals surface area contributed by atoms with Crippen molar-refractivity contribution in [2.75, 3.05) is 19.1 Å². The second-order valence-electron chi connectivity index (χ2n) is 3.64. The van der Waals surface area contributed by atoms with Crippen molar-refractivity contribution in [3.8, 4) is 0 Å². The van der Waals surface area contributed by atoms with Crippen molar-refractivity contribution >= 4 is 21.8 Å². The monoisotopic (exact) mass is 259 g/mol. The van der Waals surface area contributed by atoms with Gasteiger partial charge < -0.3 is 0 Å². The van der Waals surface area contributed by atoms with E-state index < -0.39 is 10.0 Å². The van der Waals surface area contributed by atoms with Gasteiger partial charge in [0.25, 0.3) is 0 Å². The molecule has 0 fully saturated rings. The summed E-state index contributed by atoms with van der Waals surface area (Å²) in [6, 6.07) is 8.53. The normalized spacial score (nSPS) is 14.0. The fraction of sp³-hybridized carbons (Fsp3) is 0.455. The van der Waals surface area contributed by atoms with Crippen LogP contribution in [0.5, 0.6) is 0 Å². The summed E-state index contributed by atoms with van der Waals surface area (Å²) >= 11 is 1.64. The fourth-order valence-electron chi connectivity index (χ4n) is 1.34. The van der Waals surface area contributed by atoms with Crippen LogP contribution in [0.1, 0.15) is 6.92 Å². The van der Waals surface area contributed by atoms with E-state index in [9.17, 15) is 8.42 Å². The minimum atomic E-state index is -3.34.